The molecule has 1 aromatic rings. The first-order valence-electron chi connectivity index (χ1n) is 6.13. The summed E-state index contributed by atoms with van der Waals surface area (Å²) < 4.78 is 10.2. The van der Waals surface area contributed by atoms with Gasteiger partial charge in [0.25, 0.3) is 0 Å². The molecule has 0 unspecified atom stereocenters. The number of hydrogen-bond donors (Lipinski definition) is 2. The van der Waals surface area contributed by atoms with E-state index in [2.05, 4.69) is 20.3 Å². The molecular formula is C11H21N5O2. The van der Waals surface area contributed by atoms with Crippen molar-refractivity contribution in [1.82, 2.24) is 15.0 Å². The maximum atomic E-state index is 5.56. The SMILES string of the molecule is CCOc1nc(N)nc(NCCCCCOC)n1. The zero-order valence-corrected chi connectivity index (χ0v) is 11.0. The van der Waals surface area contributed by atoms with Crippen molar-refractivity contribution < 1.29 is 9.47 Å². The van der Waals surface area contributed by atoms with Gasteiger partial charge >= 0.3 is 6.01 Å². The molecule has 0 spiro atoms. The Morgan fingerprint density at radius 2 is 2.00 bits per heavy atom. The molecule has 102 valence electrons. The van der Waals surface area contributed by atoms with Gasteiger partial charge in [-0.3, -0.25) is 0 Å². The normalized spacial score (nSPS) is 10.3. The maximum absolute atomic E-state index is 5.56. The van der Waals surface area contributed by atoms with Crippen molar-refractivity contribution in [2.75, 3.05) is 37.9 Å². The molecule has 3 N–H and O–H groups in total. The zero-order valence-electron chi connectivity index (χ0n) is 11.0. The second-order valence-corrected chi connectivity index (χ2v) is 3.71. The van der Waals surface area contributed by atoms with E-state index in [4.69, 9.17) is 15.2 Å². The first kappa shape index (κ1) is 14.4. The summed E-state index contributed by atoms with van der Waals surface area (Å²) >= 11 is 0. The first-order valence-corrected chi connectivity index (χ1v) is 6.13. The van der Waals surface area contributed by atoms with Gasteiger partial charge in [0.1, 0.15) is 0 Å². The molecule has 7 nitrogen and oxygen atoms in total. The van der Waals surface area contributed by atoms with Crippen LogP contribution < -0.4 is 15.8 Å². The van der Waals surface area contributed by atoms with Gasteiger partial charge in [-0.1, -0.05) is 0 Å². The van der Waals surface area contributed by atoms with Gasteiger partial charge in [0.15, 0.2) is 0 Å². The lowest BCUT2D eigenvalue weighted by atomic mass is 10.2. The van der Waals surface area contributed by atoms with E-state index < -0.39 is 0 Å². The first-order chi connectivity index (χ1) is 8.76. The minimum absolute atomic E-state index is 0.162. The number of ether oxygens (including phenoxy) is 2. The van der Waals surface area contributed by atoms with Crippen molar-refractivity contribution in [2.24, 2.45) is 0 Å². The van der Waals surface area contributed by atoms with Crippen LogP contribution in [0.2, 0.25) is 0 Å². The highest BCUT2D eigenvalue weighted by Gasteiger charge is 2.04. The monoisotopic (exact) mass is 255 g/mol. The average molecular weight is 255 g/mol. The molecule has 0 radical (unpaired) electrons. The Hall–Kier alpha value is -1.63. The van der Waals surface area contributed by atoms with Crippen molar-refractivity contribution in [3.63, 3.8) is 0 Å². The van der Waals surface area contributed by atoms with Crippen LogP contribution in [0.5, 0.6) is 6.01 Å². The molecule has 7 heteroatoms. The summed E-state index contributed by atoms with van der Waals surface area (Å²) in [6.07, 6.45) is 3.18. The largest absolute Gasteiger partial charge is 0.464 e. The molecule has 1 heterocycles. The molecule has 0 aliphatic carbocycles. The molecule has 0 fully saturated rings. The Balaban J connectivity index is 2.32. The van der Waals surface area contributed by atoms with E-state index in [1.165, 1.54) is 0 Å². The molecule has 0 amide bonds. The van der Waals surface area contributed by atoms with Crippen LogP contribution in [0.25, 0.3) is 0 Å². The number of nitrogen functional groups attached to an aromatic ring is 1. The number of nitrogens with one attached hydrogen (secondary N) is 1. The second-order valence-electron chi connectivity index (χ2n) is 3.71. The lowest BCUT2D eigenvalue weighted by Crippen LogP contribution is -2.10. The fourth-order valence-corrected chi connectivity index (χ4v) is 1.39. The fourth-order valence-electron chi connectivity index (χ4n) is 1.39. The maximum Gasteiger partial charge on any atom is 0.323 e. The minimum atomic E-state index is 0.162. The number of rotatable bonds is 9. The molecule has 0 atom stereocenters. The summed E-state index contributed by atoms with van der Waals surface area (Å²) in [4.78, 5) is 12.0. The van der Waals surface area contributed by atoms with Crippen LogP contribution in [0.1, 0.15) is 26.2 Å². The van der Waals surface area contributed by atoms with Gasteiger partial charge in [0.05, 0.1) is 6.61 Å². The summed E-state index contributed by atoms with van der Waals surface area (Å²) in [6.45, 7) is 3.95. The van der Waals surface area contributed by atoms with E-state index in [0.29, 0.717) is 12.6 Å². The topological polar surface area (TPSA) is 95.2 Å². The molecule has 18 heavy (non-hydrogen) atoms. The van der Waals surface area contributed by atoms with E-state index in [1.54, 1.807) is 7.11 Å². The quantitative estimate of drug-likeness (QED) is 0.637. The fraction of sp³-hybridized carbons (Fsp3) is 0.727. The smallest absolute Gasteiger partial charge is 0.323 e. The van der Waals surface area contributed by atoms with E-state index in [0.717, 1.165) is 32.4 Å². The van der Waals surface area contributed by atoms with Crippen LogP contribution in [0, 0.1) is 0 Å². The van der Waals surface area contributed by atoms with Gasteiger partial charge in [0, 0.05) is 20.3 Å². The molecule has 1 rings (SSSR count). The Labute approximate surface area is 107 Å². The van der Waals surface area contributed by atoms with Gasteiger partial charge in [-0.2, -0.15) is 15.0 Å². The van der Waals surface area contributed by atoms with Crippen LogP contribution in [0.3, 0.4) is 0 Å². The third-order valence-electron chi connectivity index (χ3n) is 2.21. The number of unbranched alkanes of at least 4 members (excludes halogenated alkanes) is 2. The Morgan fingerprint density at radius 3 is 2.72 bits per heavy atom. The highest BCUT2D eigenvalue weighted by Crippen LogP contribution is 2.09. The summed E-state index contributed by atoms with van der Waals surface area (Å²) in [5, 5.41) is 3.10. The molecule has 0 saturated heterocycles. The van der Waals surface area contributed by atoms with Crippen LogP contribution >= 0.6 is 0 Å². The molecule has 1 aromatic heterocycles. The highest BCUT2D eigenvalue weighted by atomic mass is 16.5. The standard InChI is InChI=1S/C11H21N5O2/c1-3-18-11-15-9(12)14-10(16-11)13-7-5-4-6-8-17-2/h3-8H2,1-2H3,(H3,12,13,14,15,16). The number of nitrogens with zero attached hydrogens (tertiary/aromatic N) is 3. The number of hydrogen-bond acceptors (Lipinski definition) is 7. The zero-order chi connectivity index (χ0) is 13.2. The minimum Gasteiger partial charge on any atom is -0.464 e. The van der Waals surface area contributed by atoms with E-state index in [-0.39, 0.29) is 12.0 Å². The van der Waals surface area contributed by atoms with Crippen LogP contribution in [0.15, 0.2) is 0 Å². The van der Waals surface area contributed by atoms with Gasteiger partial charge < -0.3 is 20.5 Å². The summed E-state index contributed by atoms with van der Waals surface area (Å²) in [5.74, 6) is 0.619. The predicted molar refractivity (Wildman–Crippen MR) is 69.6 cm³/mol. The van der Waals surface area contributed by atoms with E-state index in [9.17, 15) is 0 Å². The highest BCUT2D eigenvalue weighted by molar-refractivity contribution is 5.32. The molecule has 0 aliphatic rings. The molecule has 0 aromatic carbocycles. The predicted octanol–water partition coefficient (Wildman–Crippen LogP) is 1.08. The van der Waals surface area contributed by atoms with E-state index in [1.807, 2.05) is 6.92 Å². The molecule has 0 bridgehead atoms. The average Bonchev–Trinajstić information content (AvgIpc) is 2.33. The number of nitrogens with two attached hydrogens (primary N) is 1. The van der Waals surface area contributed by atoms with Gasteiger partial charge in [0.2, 0.25) is 11.9 Å². The lowest BCUT2D eigenvalue weighted by molar-refractivity contribution is 0.192. The van der Waals surface area contributed by atoms with Crippen LogP contribution in [-0.2, 0) is 4.74 Å². The van der Waals surface area contributed by atoms with Crippen molar-refractivity contribution in [1.29, 1.82) is 0 Å². The van der Waals surface area contributed by atoms with E-state index >= 15 is 0 Å². The Bertz CT molecular complexity index is 348. The van der Waals surface area contributed by atoms with Gasteiger partial charge in [-0.25, -0.2) is 0 Å². The Kier molecular flexibility index (Phi) is 6.78. The number of aromatic nitrogens is 3. The lowest BCUT2D eigenvalue weighted by Gasteiger charge is -2.07. The molecular weight excluding hydrogens is 234 g/mol. The van der Waals surface area contributed by atoms with Crippen molar-refractivity contribution >= 4 is 11.9 Å². The third-order valence-corrected chi connectivity index (χ3v) is 2.21. The molecule has 0 aliphatic heterocycles. The van der Waals surface area contributed by atoms with Crippen LogP contribution in [-0.4, -0.2) is 41.8 Å². The van der Waals surface area contributed by atoms with Gasteiger partial charge in [-0.05, 0) is 26.2 Å². The van der Waals surface area contributed by atoms with Gasteiger partial charge in [-0.15, -0.1) is 0 Å². The number of methoxy groups -OCH3 is 1. The number of anilines is 2. The van der Waals surface area contributed by atoms with Crippen molar-refractivity contribution in [3.8, 4) is 6.01 Å². The van der Waals surface area contributed by atoms with Crippen LogP contribution in [0.4, 0.5) is 11.9 Å². The summed E-state index contributed by atoms with van der Waals surface area (Å²) in [7, 11) is 1.71. The Morgan fingerprint density at radius 1 is 1.17 bits per heavy atom. The van der Waals surface area contributed by atoms with Crippen molar-refractivity contribution in [3.05, 3.63) is 0 Å². The van der Waals surface area contributed by atoms with Crippen molar-refractivity contribution in [2.45, 2.75) is 26.2 Å². The third kappa shape index (κ3) is 5.62. The second kappa shape index (κ2) is 8.46. The summed E-state index contributed by atoms with van der Waals surface area (Å²) in [5.41, 5.74) is 5.56. The summed E-state index contributed by atoms with van der Waals surface area (Å²) in [6, 6.07) is 0.256. The molecule has 0 saturated carbocycles.